The van der Waals surface area contributed by atoms with Crippen LogP contribution in [0.5, 0.6) is 0 Å². The van der Waals surface area contributed by atoms with Crippen molar-refractivity contribution in [3.63, 3.8) is 0 Å². The molecule has 1 aromatic carbocycles. The summed E-state index contributed by atoms with van der Waals surface area (Å²) in [4.78, 5) is 32.5. The molecule has 1 unspecified atom stereocenters. The van der Waals surface area contributed by atoms with Crippen LogP contribution in [0.1, 0.15) is 31.0 Å². The predicted octanol–water partition coefficient (Wildman–Crippen LogP) is 1.70. The summed E-state index contributed by atoms with van der Waals surface area (Å²) >= 11 is 0. The number of aromatic nitrogens is 3. The Hall–Kier alpha value is -2.77. The summed E-state index contributed by atoms with van der Waals surface area (Å²) in [7, 11) is 0. The lowest BCUT2D eigenvalue weighted by atomic mass is 9.95. The second-order valence-corrected chi connectivity index (χ2v) is 6.83. The fraction of sp³-hybridized carbons (Fsp3) is 0.444. The van der Waals surface area contributed by atoms with Gasteiger partial charge in [0.1, 0.15) is 18.0 Å². The van der Waals surface area contributed by atoms with Gasteiger partial charge in [-0.2, -0.15) is 5.10 Å². The average molecular weight is 357 g/mol. The first-order valence-corrected chi connectivity index (χ1v) is 8.82. The minimum atomic E-state index is -0.443. The van der Waals surface area contributed by atoms with E-state index in [-0.39, 0.29) is 36.4 Å². The molecule has 0 saturated carbocycles. The van der Waals surface area contributed by atoms with E-state index in [0.717, 1.165) is 18.7 Å². The van der Waals surface area contributed by atoms with Crippen LogP contribution in [0.4, 0.5) is 10.1 Å². The molecule has 4 rings (SSSR count). The number of carbonyl (C=O) groups is 2. The number of nitrogens with one attached hydrogen (secondary N) is 1. The van der Waals surface area contributed by atoms with Crippen LogP contribution in [0.2, 0.25) is 0 Å². The maximum atomic E-state index is 14.0. The summed E-state index contributed by atoms with van der Waals surface area (Å²) < 4.78 is 14.0. The number of amides is 2. The number of benzene rings is 1. The summed E-state index contributed by atoms with van der Waals surface area (Å²) in [6.45, 7) is 1.50. The number of piperidine rings is 1. The second-order valence-electron chi connectivity index (χ2n) is 6.83. The smallest absolute Gasteiger partial charge is 0.228 e. The Kier molecular flexibility index (Phi) is 4.40. The number of carbonyl (C=O) groups excluding carboxylic acids is 2. The van der Waals surface area contributed by atoms with E-state index >= 15 is 0 Å². The monoisotopic (exact) mass is 357 g/mol. The van der Waals surface area contributed by atoms with Gasteiger partial charge in [0.15, 0.2) is 0 Å². The third-order valence-electron chi connectivity index (χ3n) is 5.24. The molecule has 0 aliphatic carbocycles. The average Bonchev–Trinajstić information content (AvgIpc) is 3.32. The lowest BCUT2D eigenvalue weighted by Gasteiger charge is -2.32. The third kappa shape index (κ3) is 3.07. The van der Waals surface area contributed by atoms with E-state index in [1.54, 1.807) is 18.2 Å². The lowest BCUT2D eigenvalue weighted by Crippen LogP contribution is -2.42. The van der Waals surface area contributed by atoms with Gasteiger partial charge in [0.2, 0.25) is 11.8 Å². The molecule has 1 aromatic heterocycles. The molecule has 1 atom stereocenters. The number of rotatable bonds is 3. The largest absolute Gasteiger partial charge is 0.342 e. The number of hydrogen-bond donors (Lipinski definition) is 1. The van der Waals surface area contributed by atoms with Gasteiger partial charge >= 0.3 is 0 Å². The van der Waals surface area contributed by atoms with Gasteiger partial charge in [0.25, 0.3) is 0 Å². The fourth-order valence-electron chi connectivity index (χ4n) is 3.82. The number of halogens is 1. The topological polar surface area (TPSA) is 82.2 Å². The number of likely N-dealkylation sites (tertiary alicyclic amines) is 1. The molecule has 2 aromatic rings. The minimum Gasteiger partial charge on any atom is -0.342 e. The zero-order chi connectivity index (χ0) is 18.1. The predicted molar refractivity (Wildman–Crippen MR) is 91.8 cm³/mol. The number of H-pyrrole nitrogens is 1. The van der Waals surface area contributed by atoms with Gasteiger partial charge in [-0.25, -0.2) is 9.37 Å². The first-order valence-electron chi connectivity index (χ1n) is 8.82. The third-order valence-corrected chi connectivity index (χ3v) is 5.24. The van der Waals surface area contributed by atoms with Crippen molar-refractivity contribution >= 4 is 17.5 Å². The first-order chi connectivity index (χ1) is 12.6. The van der Waals surface area contributed by atoms with Crippen LogP contribution >= 0.6 is 0 Å². The van der Waals surface area contributed by atoms with Gasteiger partial charge in [0.05, 0.1) is 11.6 Å². The summed E-state index contributed by atoms with van der Waals surface area (Å²) in [6.07, 6.45) is 3.26. The standard InChI is InChI=1S/C18H20FN5O2/c19-14-3-1-2-4-15(14)24-10-13(9-16(24)25)18(26)23-7-5-12(6-8-23)17-20-11-21-22-17/h1-4,11-13H,5-10H2,(H,20,21,22). The Morgan fingerprint density at radius 3 is 2.69 bits per heavy atom. The lowest BCUT2D eigenvalue weighted by molar-refractivity contribution is -0.136. The molecule has 8 heteroatoms. The Labute approximate surface area is 150 Å². The first kappa shape index (κ1) is 16.7. The Bertz CT molecular complexity index is 802. The highest BCUT2D eigenvalue weighted by atomic mass is 19.1. The van der Waals surface area contributed by atoms with Crippen molar-refractivity contribution in [1.29, 1.82) is 0 Å². The highest BCUT2D eigenvalue weighted by molar-refractivity contribution is 6.00. The van der Waals surface area contributed by atoms with Gasteiger partial charge in [-0.15, -0.1) is 0 Å². The summed E-state index contributed by atoms with van der Waals surface area (Å²) in [5.74, 6) is 0.0597. The second kappa shape index (κ2) is 6.86. The van der Waals surface area contributed by atoms with Gasteiger partial charge in [-0.1, -0.05) is 12.1 Å². The normalized spacial score (nSPS) is 21.4. The number of hydrogen-bond acceptors (Lipinski definition) is 4. The number of para-hydroxylation sites is 1. The molecule has 0 spiro atoms. The molecule has 26 heavy (non-hydrogen) atoms. The molecule has 2 aliphatic rings. The molecular weight excluding hydrogens is 337 g/mol. The van der Waals surface area contributed by atoms with Crippen LogP contribution in [0.25, 0.3) is 0 Å². The van der Waals surface area contributed by atoms with Crippen molar-refractivity contribution in [1.82, 2.24) is 20.1 Å². The molecule has 0 radical (unpaired) electrons. The van der Waals surface area contributed by atoms with E-state index in [1.807, 2.05) is 4.90 Å². The number of aromatic amines is 1. The maximum Gasteiger partial charge on any atom is 0.228 e. The Balaban J connectivity index is 1.39. The van der Waals surface area contributed by atoms with Crippen molar-refractivity contribution in [2.75, 3.05) is 24.5 Å². The molecule has 136 valence electrons. The van der Waals surface area contributed by atoms with Crippen LogP contribution < -0.4 is 4.90 Å². The molecule has 2 aliphatic heterocycles. The van der Waals surface area contributed by atoms with Crippen molar-refractivity contribution in [2.24, 2.45) is 5.92 Å². The highest BCUT2D eigenvalue weighted by Gasteiger charge is 2.39. The van der Waals surface area contributed by atoms with Crippen molar-refractivity contribution in [3.05, 3.63) is 42.2 Å². The van der Waals surface area contributed by atoms with Gasteiger partial charge in [-0.3, -0.25) is 14.7 Å². The maximum absolute atomic E-state index is 14.0. The van der Waals surface area contributed by atoms with E-state index in [9.17, 15) is 14.0 Å². The van der Waals surface area contributed by atoms with Crippen molar-refractivity contribution in [3.8, 4) is 0 Å². The Morgan fingerprint density at radius 2 is 2.00 bits per heavy atom. The van der Waals surface area contributed by atoms with Crippen LogP contribution in [-0.4, -0.2) is 51.5 Å². The quantitative estimate of drug-likeness (QED) is 0.906. The summed E-state index contributed by atoms with van der Waals surface area (Å²) in [5.41, 5.74) is 0.247. The molecule has 2 amide bonds. The molecule has 3 heterocycles. The number of nitrogens with zero attached hydrogens (tertiary/aromatic N) is 4. The van der Waals surface area contributed by atoms with Crippen LogP contribution in [0.15, 0.2) is 30.6 Å². The summed E-state index contributed by atoms with van der Waals surface area (Å²) in [6, 6.07) is 6.17. The zero-order valence-electron chi connectivity index (χ0n) is 14.3. The van der Waals surface area contributed by atoms with Gasteiger partial charge in [-0.05, 0) is 25.0 Å². The van der Waals surface area contributed by atoms with Gasteiger partial charge < -0.3 is 9.80 Å². The number of anilines is 1. The van der Waals surface area contributed by atoms with Crippen LogP contribution in [0, 0.1) is 11.7 Å². The van der Waals surface area contributed by atoms with E-state index in [0.29, 0.717) is 13.1 Å². The molecule has 7 nitrogen and oxygen atoms in total. The highest BCUT2D eigenvalue weighted by Crippen LogP contribution is 2.30. The summed E-state index contributed by atoms with van der Waals surface area (Å²) in [5, 5.41) is 6.77. The van der Waals surface area contributed by atoms with E-state index in [4.69, 9.17) is 0 Å². The van der Waals surface area contributed by atoms with Crippen LogP contribution in [0.3, 0.4) is 0 Å². The molecule has 2 saturated heterocycles. The van der Waals surface area contributed by atoms with E-state index in [1.165, 1.54) is 17.3 Å². The molecule has 1 N–H and O–H groups in total. The SMILES string of the molecule is O=C(C1CC(=O)N(c2ccccc2F)C1)N1CCC(c2ncn[nH]2)CC1. The zero-order valence-corrected chi connectivity index (χ0v) is 14.3. The van der Waals surface area contributed by atoms with Crippen molar-refractivity contribution in [2.45, 2.75) is 25.2 Å². The minimum absolute atomic E-state index is 0.0202. The molecular formula is C18H20FN5O2. The molecule has 0 bridgehead atoms. The fourth-order valence-corrected chi connectivity index (χ4v) is 3.82. The van der Waals surface area contributed by atoms with Gasteiger partial charge in [0, 0.05) is 32.0 Å². The Morgan fingerprint density at radius 1 is 1.23 bits per heavy atom. The van der Waals surface area contributed by atoms with E-state index in [2.05, 4.69) is 15.2 Å². The van der Waals surface area contributed by atoms with Crippen molar-refractivity contribution < 1.29 is 14.0 Å². The van der Waals surface area contributed by atoms with Crippen LogP contribution in [-0.2, 0) is 9.59 Å². The van der Waals surface area contributed by atoms with E-state index < -0.39 is 11.7 Å². The molecule has 2 fully saturated rings.